The van der Waals surface area contributed by atoms with Gasteiger partial charge < -0.3 is 15.5 Å². The number of nitrogens with zero attached hydrogens (tertiary/aromatic N) is 2. The monoisotopic (exact) mass is 307 g/mol. The normalized spacial score (nSPS) is 12.5. The van der Waals surface area contributed by atoms with Crippen molar-refractivity contribution in [3.8, 4) is 0 Å². The van der Waals surface area contributed by atoms with Gasteiger partial charge in [0.1, 0.15) is 17.2 Å². The van der Waals surface area contributed by atoms with Gasteiger partial charge in [0.2, 0.25) is 0 Å². The minimum Gasteiger partial charge on any atom is -0.394 e. The Hall–Kier alpha value is -0.370. The van der Waals surface area contributed by atoms with Crippen LogP contribution in [-0.2, 0) is 0 Å². The second kappa shape index (κ2) is 7.05. The molecule has 0 aliphatic rings. The largest absolute Gasteiger partial charge is 0.394 e. The third kappa shape index (κ3) is 3.89. The second-order valence-corrected chi connectivity index (χ2v) is 4.82. The molecule has 0 aromatic carbocycles. The highest BCUT2D eigenvalue weighted by Gasteiger charge is 2.10. The molecule has 1 aromatic heterocycles. The van der Waals surface area contributed by atoms with E-state index in [1.165, 1.54) is 18.1 Å². The maximum absolute atomic E-state index is 9.24. The zero-order valence-electron chi connectivity index (χ0n) is 8.85. The zero-order chi connectivity index (χ0) is 12.0. The summed E-state index contributed by atoms with van der Waals surface area (Å²) in [6.07, 6.45) is 0.741. The molecular weight excluding hydrogens is 294 g/mol. The predicted molar refractivity (Wildman–Crippen MR) is 67.7 cm³/mol. The summed E-state index contributed by atoms with van der Waals surface area (Å²) >= 11 is 4.77. The van der Waals surface area contributed by atoms with Crippen molar-refractivity contribution >= 4 is 33.5 Å². The first-order valence-corrected chi connectivity index (χ1v) is 6.63. The van der Waals surface area contributed by atoms with E-state index in [1.54, 1.807) is 0 Å². The molecule has 1 unspecified atom stereocenters. The fraction of sp³-hybridized carbons (Fsp3) is 0.556. The van der Waals surface area contributed by atoms with Crippen LogP contribution in [0.5, 0.6) is 0 Å². The summed E-state index contributed by atoms with van der Waals surface area (Å²) in [4.78, 5) is 8.18. The number of anilines is 1. The number of hydrogen-bond acceptors (Lipinski definition) is 6. The van der Waals surface area contributed by atoms with Gasteiger partial charge in [0, 0.05) is 12.3 Å². The van der Waals surface area contributed by atoms with Crippen LogP contribution in [0.15, 0.2) is 15.8 Å². The molecule has 0 saturated carbocycles. The Kier molecular flexibility index (Phi) is 6.04. The minimum absolute atomic E-state index is 0.240. The van der Waals surface area contributed by atoms with Crippen molar-refractivity contribution in [2.45, 2.75) is 18.1 Å². The maximum atomic E-state index is 9.24. The summed E-state index contributed by atoms with van der Waals surface area (Å²) in [6.45, 7) is 2.52. The molecule has 1 rings (SSSR count). The summed E-state index contributed by atoms with van der Waals surface area (Å²) in [7, 11) is 0. The van der Waals surface area contributed by atoms with Gasteiger partial charge in [-0.2, -0.15) is 0 Å². The molecule has 0 aliphatic carbocycles. The number of aliphatic hydroxyl groups is 2. The number of aliphatic hydroxyl groups excluding tert-OH is 2. The molecule has 3 N–H and O–H groups in total. The first-order valence-electron chi connectivity index (χ1n) is 4.85. The van der Waals surface area contributed by atoms with Gasteiger partial charge in [-0.25, -0.2) is 9.97 Å². The van der Waals surface area contributed by atoms with Gasteiger partial charge in [0.25, 0.3) is 0 Å². The zero-order valence-corrected chi connectivity index (χ0v) is 11.3. The van der Waals surface area contributed by atoms with Crippen molar-refractivity contribution in [1.29, 1.82) is 0 Å². The van der Waals surface area contributed by atoms with Gasteiger partial charge in [-0.05, 0) is 22.9 Å². The molecule has 1 atom stereocenters. The number of aromatic nitrogens is 2. The maximum Gasteiger partial charge on any atom is 0.144 e. The highest BCUT2D eigenvalue weighted by molar-refractivity contribution is 9.10. The molecule has 1 heterocycles. The number of hydrogen-bond donors (Lipinski definition) is 3. The van der Waals surface area contributed by atoms with E-state index in [2.05, 4.69) is 31.2 Å². The van der Waals surface area contributed by atoms with E-state index < -0.39 is 6.10 Å². The molecule has 1 aromatic rings. The number of thioether (sulfide) groups is 1. The standard InChI is InChI=1S/C9H14BrN3O2S/c1-2-11-8-7(10)9(13-5-12-8)16-4-6(15)3-14/h5-6,14-15H,2-4H2,1H3,(H,11,12,13). The van der Waals surface area contributed by atoms with Gasteiger partial charge in [-0.15, -0.1) is 11.8 Å². The molecule has 0 aliphatic heterocycles. The van der Waals surface area contributed by atoms with Crippen LogP contribution in [-0.4, -0.2) is 45.2 Å². The van der Waals surface area contributed by atoms with Crippen molar-refractivity contribution in [3.05, 3.63) is 10.8 Å². The first-order chi connectivity index (χ1) is 7.69. The van der Waals surface area contributed by atoms with Gasteiger partial charge in [-0.1, -0.05) is 0 Å². The number of halogens is 1. The molecule has 0 bridgehead atoms. The molecular formula is C9H14BrN3O2S. The molecule has 0 saturated heterocycles. The Morgan fingerprint density at radius 2 is 2.31 bits per heavy atom. The van der Waals surface area contributed by atoms with Crippen LogP contribution >= 0.6 is 27.7 Å². The topological polar surface area (TPSA) is 78.3 Å². The van der Waals surface area contributed by atoms with E-state index in [9.17, 15) is 5.11 Å². The lowest BCUT2D eigenvalue weighted by Gasteiger charge is -2.09. The molecule has 7 heteroatoms. The smallest absolute Gasteiger partial charge is 0.144 e. The van der Waals surface area contributed by atoms with Gasteiger partial charge in [-0.3, -0.25) is 0 Å². The van der Waals surface area contributed by atoms with Crippen molar-refractivity contribution in [2.24, 2.45) is 0 Å². The third-order valence-corrected chi connectivity index (χ3v) is 3.87. The Labute approximate surface area is 107 Å². The van der Waals surface area contributed by atoms with E-state index in [1.807, 2.05) is 6.92 Å². The quantitative estimate of drug-likeness (QED) is 0.540. The van der Waals surface area contributed by atoms with Crippen LogP contribution in [0, 0.1) is 0 Å². The van der Waals surface area contributed by atoms with Gasteiger partial charge in [0.15, 0.2) is 0 Å². The van der Waals surface area contributed by atoms with Crippen LogP contribution in [0.1, 0.15) is 6.92 Å². The van der Waals surface area contributed by atoms with E-state index >= 15 is 0 Å². The van der Waals surface area contributed by atoms with Crippen LogP contribution < -0.4 is 5.32 Å². The number of rotatable bonds is 6. The van der Waals surface area contributed by atoms with Gasteiger partial charge >= 0.3 is 0 Å². The highest BCUT2D eigenvalue weighted by atomic mass is 79.9. The van der Waals surface area contributed by atoms with Crippen LogP contribution in [0.4, 0.5) is 5.82 Å². The van der Waals surface area contributed by atoms with Crippen molar-refractivity contribution in [1.82, 2.24) is 9.97 Å². The van der Waals surface area contributed by atoms with Crippen molar-refractivity contribution in [2.75, 3.05) is 24.2 Å². The van der Waals surface area contributed by atoms with Crippen molar-refractivity contribution in [3.63, 3.8) is 0 Å². The van der Waals surface area contributed by atoms with Crippen LogP contribution in [0.3, 0.4) is 0 Å². The molecule has 90 valence electrons. The second-order valence-electron chi connectivity index (χ2n) is 3.02. The fourth-order valence-corrected chi connectivity index (χ4v) is 2.46. The predicted octanol–water partition coefficient (Wildman–Crippen LogP) is 1.12. The highest BCUT2D eigenvalue weighted by Crippen LogP contribution is 2.30. The Morgan fingerprint density at radius 1 is 1.56 bits per heavy atom. The molecule has 5 nitrogen and oxygen atoms in total. The van der Waals surface area contributed by atoms with E-state index in [-0.39, 0.29) is 6.61 Å². The third-order valence-electron chi connectivity index (χ3n) is 1.72. The summed E-state index contributed by atoms with van der Waals surface area (Å²) in [5.74, 6) is 1.14. The van der Waals surface area contributed by atoms with E-state index in [0.717, 1.165) is 21.9 Å². The lowest BCUT2D eigenvalue weighted by atomic mass is 10.4. The van der Waals surface area contributed by atoms with E-state index in [4.69, 9.17) is 5.11 Å². The summed E-state index contributed by atoms with van der Waals surface area (Å²) in [5.41, 5.74) is 0. The summed E-state index contributed by atoms with van der Waals surface area (Å²) < 4.78 is 0.784. The number of nitrogens with one attached hydrogen (secondary N) is 1. The Balaban J connectivity index is 2.69. The van der Waals surface area contributed by atoms with Gasteiger partial charge in [0.05, 0.1) is 17.2 Å². The molecule has 0 fully saturated rings. The fourth-order valence-electron chi connectivity index (χ4n) is 0.973. The molecule has 0 spiro atoms. The lowest BCUT2D eigenvalue weighted by Crippen LogP contribution is -2.14. The minimum atomic E-state index is -0.727. The first kappa shape index (κ1) is 13.7. The van der Waals surface area contributed by atoms with E-state index in [0.29, 0.717) is 5.75 Å². The Bertz CT molecular complexity index is 341. The molecule has 0 amide bonds. The lowest BCUT2D eigenvalue weighted by molar-refractivity contribution is 0.113. The molecule has 0 radical (unpaired) electrons. The average Bonchev–Trinajstić information content (AvgIpc) is 2.30. The SMILES string of the molecule is CCNc1ncnc(SCC(O)CO)c1Br. The summed E-state index contributed by atoms with van der Waals surface area (Å²) in [5, 5.41) is 21.8. The average molecular weight is 308 g/mol. The molecule has 16 heavy (non-hydrogen) atoms. The summed E-state index contributed by atoms with van der Waals surface area (Å²) in [6, 6.07) is 0. The van der Waals surface area contributed by atoms with Crippen molar-refractivity contribution < 1.29 is 10.2 Å². The Morgan fingerprint density at radius 3 is 2.94 bits per heavy atom. The van der Waals surface area contributed by atoms with Crippen LogP contribution in [0.2, 0.25) is 0 Å². The van der Waals surface area contributed by atoms with Crippen LogP contribution in [0.25, 0.3) is 0 Å².